The molecule has 0 aliphatic carbocycles. The third-order valence-electron chi connectivity index (χ3n) is 3.88. The Morgan fingerprint density at radius 1 is 1.00 bits per heavy atom. The molecule has 0 spiro atoms. The zero-order valence-corrected chi connectivity index (χ0v) is 14.6. The summed E-state index contributed by atoms with van der Waals surface area (Å²) in [5.41, 5.74) is 2.87. The number of carbonyl (C=O) groups is 2. The zero-order chi connectivity index (χ0) is 18.5. The SMILES string of the molecule is CN(C)C(=O)c1ccc(/C=C/C(=O)Nc2cccc3cccnc23)cc1. The Morgan fingerprint density at radius 2 is 1.73 bits per heavy atom. The second kappa shape index (κ2) is 7.61. The van der Waals surface area contributed by atoms with Gasteiger partial charge in [-0.25, -0.2) is 0 Å². The molecule has 0 aliphatic heterocycles. The smallest absolute Gasteiger partial charge is 0.253 e. The first-order chi connectivity index (χ1) is 12.5. The summed E-state index contributed by atoms with van der Waals surface area (Å²) in [7, 11) is 3.42. The van der Waals surface area contributed by atoms with Crippen LogP contribution in [0.3, 0.4) is 0 Å². The van der Waals surface area contributed by atoms with E-state index in [9.17, 15) is 9.59 Å². The number of pyridine rings is 1. The van der Waals surface area contributed by atoms with Crippen LogP contribution in [0.25, 0.3) is 17.0 Å². The van der Waals surface area contributed by atoms with Crippen LogP contribution < -0.4 is 5.32 Å². The van der Waals surface area contributed by atoms with Crippen molar-refractivity contribution in [2.45, 2.75) is 0 Å². The number of amides is 2. The van der Waals surface area contributed by atoms with Crippen LogP contribution in [0.4, 0.5) is 5.69 Å². The first-order valence-corrected chi connectivity index (χ1v) is 8.19. The molecule has 2 amide bonds. The molecule has 3 aromatic rings. The van der Waals surface area contributed by atoms with Crippen molar-refractivity contribution in [1.82, 2.24) is 9.88 Å². The maximum atomic E-state index is 12.2. The van der Waals surface area contributed by atoms with Crippen molar-refractivity contribution in [3.05, 3.63) is 78.0 Å². The Bertz CT molecular complexity index is 971. The van der Waals surface area contributed by atoms with Gasteiger partial charge in [0, 0.05) is 37.3 Å². The minimum Gasteiger partial charge on any atom is -0.345 e. The normalized spacial score (nSPS) is 10.8. The summed E-state index contributed by atoms with van der Waals surface area (Å²) in [6.45, 7) is 0. The Balaban J connectivity index is 1.70. The topological polar surface area (TPSA) is 62.3 Å². The van der Waals surface area contributed by atoms with Gasteiger partial charge in [-0.1, -0.05) is 30.3 Å². The lowest BCUT2D eigenvalue weighted by Gasteiger charge is -2.09. The number of nitrogens with one attached hydrogen (secondary N) is 1. The van der Waals surface area contributed by atoms with Gasteiger partial charge in [-0.2, -0.15) is 0 Å². The van der Waals surface area contributed by atoms with E-state index in [0.29, 0.717) is 11.3 Å². The molecule has 5 nitrogen and oxygen atoms in total. The van der Waals surface area contributed by atoms with Crippen molar-refractivity contribution in [2.75, 3.05) is 19.4 Å². The maximum absolute atomic E-state index is 12.2. The van der Waals surface area contributed by atoms with Crippen molar-refractivity contribution < 1.29 is 9.59 Å². The second-order valence-corrected chi connectivity index (χ2v) is 6.02. The van der Waals surface area contributed by atoms with Crippen LogP contribution in [0.1, 0.15) is 15.9 Å². The van der Waals surface area contributed by atoms with Crippen molar-refractivity contribution in [3.8, 4) is 0 Å². The molecule has 0 bridgehead atoms. The number of carbonyl (C=O) groups excluding carboxylic acids is 2. The molecule has 0 fully saturated rings. The highest BCUT2D eigenvalue weighted by atomic mass is 16.2. The molecule has 0 saturated carbocycles. The molecular weight excluding hydrogens is 326 g/mol. The van der Waals surface area contributed by atoms with Crippen LogP contribution in [0.15, 0.2) is 66.9 Å². The van der Waals surface area contributed by atoms with Crippen LogP contribution >= 0.6 is 0 Å². The standard InChI is InChI=1S/C21H19N3O2/c1-24(2)21(26)17-11-8-15(9-12-17)10-13-19(25)23-18-7-3-5-16-6-4-14-22-20(16)18/h3-14H,1-2H3,(H,23,25)/b13-10+. The fourth-order valence-corrected chi connectivity index (χ4v) is 2.55. The Hall–Kier alpha value is -3.47. The molecule has 26 heavy (non-hydrogen) atoms. The number of rotatable bonds is 4. The van der Waals surface area contributed by atoms with Gasteiger partial charge in [0.05, 0.1) is 11.2 Å². The van der Waals surface area contributed by atoms with Crippen LogP contribution in [0, 0.1) is 0 Å². The minimum absolute atomic E-state index is 0.0540. The van der Waals surface area contributed by atoms with E-state index < -0.39 is 0 Å². The van der Waals surface area contributed by atoms with Gasteiger partial charge in [-0.3, -0.25) is 14.6 Å². The lowest BCUT2D eigenvalue weighted by atomic mass is 10.1. The summed E-state index contributed by atoms with van der Waals surface area (Å²) in [6, 6.07) is 16.6. The molecule has 0 radical (unpaired) electrons. The fraction of sp³-hybridized carbons (Fsp3) is 0.0952. The predicted octanol–water partition coefficient (Wildman–Crippen LogP) is 3.59. The lowest BCUT2D eigenvalue weighted by Crippen LogP contribution is -2.21. The molecule has 130 valence electrons. The van der Waals surface area contributed by atoms with Gasteiger partial charge < -0.3 is 10.2 Å². The molecule has 1 N–H and O–H groups in total. The molecule has 0 atom stereocenters. The van der Waals surface area contributed by atoms with Crippen molar-refractivity contribution in [1.29, 1.82) is 0 Å². The van der Waals surface area contributed by atoms with Crippen molar-refractivity contribution >= 4 is 34.5 Å². The van der Waals surface area contributed by atoms with Gasteiger partial charge in [-0.15, -0.1) is 0 Å². The van der Waals surface area contributed by atoms with Crippen molar-refractivity contribution in [2.24, 2.45) is 0 Å². The molecule has 0 unspecified atom stereocenters. The maximum Gasteiger partial charge on any atom is 0.253 e. The number of nitrogens with zero attached hydrogens (tertiary/aromatic N) is 2. The molecule has 5 heteroatoms. The number of hydrogen-bond acceptors (Lipinski definition) is 3. The average molecular weight is 345 g/mol. The van der Waals surface area contributed by atoms with E-state index in [4.69, 9.17) is 0 Å². The van der Waals surface area contributed by atoms with E-state index in [2.05, 4.69) is 10.3 Å². The number of benzene rings is 2. The number of hydrogen-bond donors (Lipinski definition) is 1. The summed E-state index contributed by atoms with van der Waals surface area (Å²) in [4.78, 5) is 29.9. The first kappa shape index (κ1) is 17.4. The summed E-state index contributed by atoms with van der Waals surface area (Å²) < 4.78 is 0. The summed E-state index contributed by atoms with van der Waals surface area (Å²) >= 11 is 0. The van der Waals surface area contributed by atoms with Gasteiger partial charge in [0.2, 0.25) is 5.91 Å². The van der Waals surface area contributed by atoms with Gasteiger partial charge in [0.15, 0.2) is 0 Å². The Kier molecular flexibility index (Phi) is 5.08. The molecule has 2 aromatic carbocycles. The number of aromatic nitrogens is 1. The van der Waals surface area contributed by atoms with Crippen LogP contribution in [0.5, 0.6) is 0 Å². The summed E-state index contributed by atoms with van der Waals surface area (Å²) in [5, 5.41) is 3.82. The highest BCUT2D eigenvalue weighted by Gasteiger charge is 2.07. The number of para-hydroxylation sites is 1. The van der Waals surface area contributed by atoms with E-state index in [-0.39, 0.29) is 11.8 Å². The van der Waals surface area contributed by atoms with Crippen molar-refractivity contribution in [3.63, 3.8) is 0 Å². The van der Waals surface area contributed by atoms with Gasteiger partial charge in [0.1, 0.15) is 0 Å². The zero-order valence-electron chi connectivity index (χ0n) is 14.6. The van der Waals surface area contributed by atoms with E-state index in [1.807, 2.05) is 30.3 Å². The summed E-state index contributed by atoms with van der Waals surface area (Å²) in [5.74, 6) is -0.293. The second-order valence-electron chi connectivity index (χ2n) is 6.02. The van der Waals surface area contributed by atoms with Gasteiger partial charge in [-0.05, 0) is 35.9 Å². The van der Waals surface area contributed by atoms with Crippen LogP contribution in [0.2, 0.25) is 0 Å². The van der Waals surface area contributed by atoms with Crippen LogP contribution in [-0.2, 0) is 4.79 Å². The third kappa shape index (κ3) is 3.95. The van der Waals surface area contributed by atoms with E-state index in [0.717, 1.165) is 16.5 Å². The molecule has 0 aliphatic rings. The van der Waals surface area contributed by atoms with Gasteiger partial charge in [0.25, 0.3) is 5.91 Å². The van der Waals surface area contributed by atoms with Crippen LogP contribution in [-0.4, -0.2) is 35.8 Å². The quantitative estimate of drug-likeness (QED) is 0.735. The average Bonchev–Trinajstić information content (AvgIpc) is 2.66. The monoisotopic (exact) mass is 345 g/mol. The predicted molar refractivity (Wildman–Crippen MR) is 104 cm³/mol. The first-order valence-electron chi connectivity index (χ1n) is 8.19. The fourth-order valence-electron chi connectivity index (χ4n) is 2.55. The number of anilines is 1. The molecule has 1 aromatic heterocycles. The molecule has 0 saturated heterocycles. The molecular formula is C21H19N3O2. The molecule has 3 rings (SSSR count). The largest absolute Gasteiger partial charge is 0.345 e. The Morgan fingerprint density at radius 3 is 2.46 bits per heavy atom. The van der Waals surface area contributed by atoms with E-state index in [1.165, 1.54) is 11.0 Å². The minimum atomic E-state index is -0.239. The Labute approximate surface area is 152 Å². The third-order valence-corrected chi connectivity index (χ3v) is 3.88. The van der Waals surface area contributed by atoms with E-state index >= 15 is 0 Å². The number of fused-ring (bicyclic) bond motifs is 1. The summed E-state index contributed by atoms with van der Waals surface area (Å²) in [6.07, 6.45) is 4.87. The van der Waals surface area contributed by atoms with Gasteiger partial charge >= 0.3 is 0 Å². The molecule has 1 heterocycles. The lowest BCUT2D eigenvalue weighted by molar-refractivity contribution is -0.111. The highest BCUT2D eigenvalue weighted by molar-refractivity contribution is 6.06. The highest BCUT2D eigenvalue weighted by Crippen LogP contribution is 2.20. The van der Waals surface area contributed by atoms with E-state index in [1.54, 1.807) is 50.6 Å².